The maximum Gasteiger partial charge on any atom is 0.159 e. The standard InChI is InChI=1S/C17H20N6O/c1-24-13-4-5-15-14(7-13)20-11-23(15)17-10-19-9-16(22-17)21-12-3-2-6-18-8-12/h4-5,7,9-12,18H,2-3,6,8H2,1H3,(H,21,22). The van der Waals surface area contributed by atoms with Crippen molar-refractivity contribution in [1.82, 2.24) is 24.8 Å². The number of piperidine rings is 1. The summed E-state index contributed by atoms with van der Waals surface area (Å²) in [6.45, 7) is 2.05. The number of methoxy groups -OCH3 is 1. The summed E-state index contributed by atoms with van der Waals surface area (Å²) < 4.78 is 7.18. The van der Waals surface area contributed by atoms with E-state index in [-0.39, 0.29) is 0 Å². The molecule has 1 atom stereocenters. The predicted octanol–water partition coefficient (Wildman–Crippen LogP) is 1.99. The lowest BCUT2D eigenvalue weighted by molar-refractivity contribution is 0.415. The summed E-state index contributed by atoms with van der Waals surface area (Å²) >= 11 is 0. The number of ether oxygens (including phenoxy) is 1. The van der Waals surface area contributed by atoms with Crippen molar-refractivity contribution in [1.29, 1.82) is 0 Å². The second-order valence-corrected chi connectivity index (χ2v) is 5.92. The average Bonchev–Trinajstić information content (AvgIpc) is 3.06. The molecular weight excluding hydrogens is 304 g/mol. The molecule has 0 aliphatic carbocycles. The van der Waals surface area contributed by atoms with Gasteiger partial charge >= 0.3 is 0 Å². The molecule has 7 heteroatoms. The molecule has 2 aromatic heterocycles. The molecule has 0 amide bonds. The number of fused-ring (bicyclic) bond motifs is 1. The Kier molecular flexibility index (Phi) is 4.00. The minimum atomic E-state index is 0.395. The topological polar surface area (TPSA) is 76.9 Å². The minimum absolute atomic E-state index is 0.395. The van der Waals surface area contributed by atoms with Crippen LogP contribution in [0.1, 0.15) is 12.8 Å². The number of hydrogen-bond donors (Lipinski definition) is 2. The zero-order chi connectivity index (χ0) is 16.4. The molecule has 3 heterocycles. The van der Waals surface area contributed by atoms with Crippen LogP contribution in [-0.4, -0.2) is 45.8 Å². The quantitative estimate of drug-likeness (QED) is 0.764. The molecule has 2 N–H and O–H groups in total. The summed E-state index contributed by atoms with van der Waals surface area (Å²) in [5.74, 6) is 2.33. The number of aromatic nitrogens is 4. The van der Waals surface area contributed by atoms with Crippen molar-refractivity contribution in [2.24, 2.45) is 0 Å². The number of nitrogens with zero attached hydrogens (tertiary/aromatic N) is 4. The third-order valence-corrected chi connectivity index (χ3v) is 4.27. The Morgan fingerprint density at radius 1 is 1.33 bits per heavy atom. The van der Waals surface area contributed by atoms with E-state index in [1.54, 1.807) is 25.8 Å². The van der Waals surface area contributed by atoms with Crippen molar-refractivity contribution in [3.8, 4) is 11.6 Å². The SMILES string of the molecule is COc1ccc2c(c1)ncn2-c1cncc(NC2CCCNC2)n1. The van der Waals surface area contributed by atoms with Gasteiger partial charge in [0.2, 0.25) is 0 Å². The second kappa shape index (κ2) is 6.45. The van der Waals surface area contributed by atoms with E-state index in [0.29, 0.717) is 6.04 Å². The maximum atomic E-state index is 5.25. The molecule has 1 aromatic carbocycles. The van der Waals surface area contributed by atoms with Gasteiger partial charge in [0, 0.05) is 18.7 Å². The summed E-state index contributed by atoms with van der Waals surface area (Å²) in [4.78, 5) is 13.5. The van der Waals surface area contributed by atoms with Crippen molar-refractivity contribution in [3.05, 3.63) is 36.9 Å². The van der Waals surface area contributed by atoms with Gasteiger partial charge in [0.25, 0.3) is 0 Å². The minimum Gasteiger partial charge on any atom is -0.497 e. The van der Waals surface area contributed by atoms with Crippen molar-refractivity contribution in [3.63, 3.8) is 0 Å². The van der Waals surface area contributed by atoms with E-state index < -0.39 is 0 Å². The molecule has 1 unspecified atom stereocenters. The van der Waals surface area contributed by atoms with E-state index >= 15 is 0 Å². The molecular formula is C17H20N6O. The van der Waals surface area contributed by atoms with Crippen LogP contribution in [0.2, 0.25) is 0 Å². The van der Waals surface area contributed by atoms with Crippen molar-refractivity contribution >= 4 is 16.9 Å². The molecule has 24 heavy (non-hydrogen) atoms. The molecule has 4 rings (SSSR count). The third-order valence-electron chi connectivity index (χ3n) is 4.27. The third kappa shape index (κ3) is 2.90. The zero-order valence-electron chi connectivity index (χ0n) is 13.6. The van der Waals surface area contributed by atoms with E-state index in [9.17, 15) is 0 Å². The lowest BCUT2D eigenvalue weighted by atomic mass is 10.1. The van der Waals surface area contributed by atoms with Gasteiger partial charge in [-0.1, -0.05) is 0 Å². The molecule has 1 aliphatic rings. The number of benzene rings is 1. The van der Waals surface area contributed by atoms with Gasteiger partial charge < -0.3 is 15.4 Å². The Bertz CT molecular complexity index is 840. The Labute approximate surface area is 140 Å². The normalized spacial score (nSPS) is 17.8. The smallest absolute Gasteiger partial charge is 0.159 e. The Morgan fingerprint density at radius 2 is 2.29 bits per heavy atom. The van der Waals surface area contributed by atoms with E-state index in [4.69, 9.17) is 9.72 Å². The van der Waals surface area contributed by atoms with Gasteiger partial charge in [-0.25, -0.2) is 9.97 Å². The van der Waals surface area contributed by atoms with Gasteiger partial charge in [-0.2, -0.15) is 0 Å². The fourth-order valence-electron chi connectivity index (χ4n) is 3.03. The molecule has 7 nitrogen and oxygen atoms in total. The molecule has 1 aliphatic heterocycles. The number of nitrogens with one attached hydrogen (secondary N) is 2. The van der Waals surface area contributed by atoms with E-state index in [1.165, 1.54) is 6.42 Å². The molecule has 3 aromatic rings. The van der Waals surface area contributed by atoms with Crippen molar-refractivity contribution in [2.75, 3.05) is 25.5 Å². The number of rotatable bonds is 4. The van der Waals surface area contributed by atoms with Gasteiger partial charge in [-0.3, -0.25) is 9.55 Å². The second-order valence-electron chi connectivity index (χ2n) is 5.92. The van der Waals surface area contributed by atoms with E-state index in [1.807, 2.05) is 22.8 Å². The van der Waals surface area contributed by atoms with Crippen molar-refractivity contribution < 1.29 is 4.74 Å². The van der Waals surface area contributed by atoms with E-state index in [0.717, 1.165) is 47.9 Å². The Balaban J connectivity index is 1.63. The van der Waals surface area contributed by atoms with Crippen LogP contribution in [0.25, 0.3) is 16.9 Å². The monoisotopic (exact) mass is 324 g/mol. The fraction of sp³-hybridized carbons (Fsp3) is 0.353. The van der Waals surface area contributed by atoms with Crippen LogP contribution >= 0.6 is 0 Å². The highest BCUT2D eigenvalue weighted by Crippen LogP contribution is 2.22. The molecule has 0 saturated carbocycles. The van der Waals surface area contributed by atoms with Crippen LogP contribution in [0.3, 0.4) is 0 Å². The number of hydrogen-bond acceptors (Lipinski definition) is 6. The van der Waals surface area contributed by atoms with Gasteiger partial charge in [0.15, 0.2) is 5.82 Å². The molecule has 0 radical (unpaired) electrons. The molecule has 1 saturated heterocycles. The highest BCUT2D eigenvalue weighted by atomic mass is 16.5. The number of anilines is 1. The fourth-order valence-corrected chi connectivity index (χ4v) is 3.03. The molecule has 0 spiro atoms. The van der Waals surface area contributed by atoms with Crippen LogP contribution in [0.4, 0.5) is 5.82 Å². The van der Waals surface area contributed by atoms with Gasteiger partial charge in [-0.15, -0.1) is 0 Å². The first kappa shape index (κ1) is 14.9. The zero-order valence-corrected chi connectivity index (χ0v) is 13.6. The first-order valence-corrected chi connectivity index (χ1v) is 8.14. The molecule has 0 bridgehead atoms. The van der Waals surface area contributed by atoms with Crippen LogP contribution in [0.15, 0.2) is 36.9 Å². The Morgan fingerprint density at radius 3 is 3.12 bits per heavy atom. The van der Waals surface area contributed by atoms with E-state index in [2.05, 4.69) is 20.6 Å². The lowest BCUT2D eigenvalue weighted by Gasteiger charge is -2.24. The Hall–Kier alpha value is -2.67. The average molecular weight is 324 g/mol. The summed E-state index contributed by atoms with van der Waals surface area (Å²) in [7, 11) is 1.65. The first-order chi connectivity index (χ1) is 11.8. The predicted molar refractivity (Wildman–Crippen MR) is 92.7 cm³/mol. The molecule has 1 fully saturated rings. The summed E-state index contributed by atoms with van der Waals surface area (Å²) in [6.07, 6.45) is 7.60. The van der Waals surface area contributed by atoms with Crippen LogP contribution in [-0.2, 0) is 0 Å². The van der Waals surface area contributed by atoms with Gasteiger partial charge in [0.05, 0.1) is 30.5 Å². The summed E-state index contributed by atoms with van der Waals surface area (Å²) in [5, 5.41) is 6.85. The summed E-state index contributed by atoms with van der Waals surface area (Å²) in [6, 6.07) is 6.21. The van der Waals surface area contributed by atoms with Crippen LogP contribution in [0, 0.1) is 0 Å². The van der Waals surface area contributed by atoms with Crippen LogP contribution in [0.5, 0.6) is 5.75 Å². The van der Waals surface area contributed by atoms with Crippen LogP contribution < -0.4 is 15.4 Å². The highest BCUT2D eigenvalue weighted by molar-refractivity contribution is 5.78. The maximum absolute atomic E-state index is 5.25. The molecule has 124 valence electrons. The van der Waals surface area contributed by atoms with Gasteiger partial charge in [0.1, 0.15) is 17.9 Å². The van der Waals surface area contributed by atoms with Crippen molar-refractivity contribution in [2.45, 2.75) is 18.9 Å². The lowest BCUT2D eigenvalue weighted by Crippen LogP contribution is -2.38. The highest BCUT2D eigenvalue weighted by Gasteiger charge is 2.14. The van der Waals surface area contributed by atoms with Gasteiger partial charge in [-0.05, 0) is 31.5 Å². The largest absolute Gasteiger partial charge is 0.497 e. The first-order valence-electron chi connectivity index (χ1n) is 8.14. The summed E-state index contributed by atoms with van der Waals surface area (Å²) in [5.41, 5.74) is 1.84. The number of imidazole rings is 1.